The predicted molar refractivity (Wildman–Crippen MR) is 123 cm³/mol. The van der Waals surface area contributed by atoms with Gasteiger partial charge in [0.1, 0.15) is 18.3 Å². The number of rotatable bonds is 7. The molecule has 16 heteroatoms. The number of halogens is 12. The van der Waals surface area contributed by atoms with Crippen molar-refractivity contribution in [2.75, 3.05) is 13.1 Å². The van der Waals surface area contributed by atoms with E-state index in [1.54, 1.807) is 5.32 Å². The number of carbonyl (C=O) groups is 2. The number of allylic oxidation sites excluding steroid dienone is 1. The van der Waals surface area contributed by atoms with Crippen LogP contribution in [-0.4, -0.2) is 37.3 Å². The maximum absolute atomic E-state index is 14.9. The highest BCUT2D eigenvalue weighted by Gasteiger charge is 2.41. The van der Waals surface area contributed by atoms with Gasteiger partial charge in [-0.3, -0.25) is 9.59 Å². The van der Waals surface area contributed by atoms with Crippen molar-refractivity contribution in [2.45, 2.75) is 24.4 Å². The standard InChI is InChI=1S/C22H14Br2F10N2O2/c23-12-3-11(4-13(24)6-12)15(21(29,30)31)7-17(25)10-1-2-14(16(5-10)22(32,33)34)19(38)35-8-18(37)36-9-20(26,27)28/h1-7,15H,8-9H2,(H,35,38)(H,36,37). The van der Waals surface area contributed by atoms with Gasteiger partial charge in [-0.2, -0.15) is 39.5 Å². The van der Waals surface area contributed by atoms with E-state index in [1.807, 2.05) is 0 Å². The highest BCUT2D eigenvalue weighted by molar-refractivity contribution is 9.11. The molecule has 0 aliphatic carbocycles. The number of hydrogen-bond donors (Lipinski definition) is 2. The van der Waals surface area contributed by atoms with Gasteiger partial charge >= 0.3 is 18.5 Å². The summed E-state index contributed by atoms with van der Waals surface area (Å²) in [7, 11) is 0. The Morgan fingerprint density at radius 3 is 1.95 bits per heavy atom. The zero-order chi connectivity index (χ0) is 29.1. The minimum Gasteiger partial charge on any atom is -0.345 e. The molecule has 0 saturated heterocycles. The molecule has 2 amide bonds. The molecule has 4 nitrogen and oxygen atoms in total. The highest BCUT2D eigenvalue weighted by atomic mass is 79.9. The van der Waals surface area contributed by atoms with Crippen LogP contribution in [0.5, 0.6) is 0 Å². The third kappa shape index (κ3) is 9.29. The van der Waals surface area contributed by atoms with Crippen LogP contribution in [0, 0.1) is 0 Å². The third-order valence-corrected chi connectivity index (χ3v) is 5.57. The lowest BCUT2D eigenvalue weighted by Gasteiger charge is -2.19. The van der Waals surface area contributed by atoms with Crippen molar-refractivity contribution in [1.82, 2.24) is 10.6 Å². The zero-order valence-electron chi connectivity index (χ0n) is 18.4. The molecule has 38 heavy (non-hydrogen) atoms. The van der Waals surface area contributed by atoms with Crippen molar-refractivity contribution in [3.8, 4) is 0 Å². The molecule has 1 unspecified atom stereocenters. The molecule has 0 heterocycles. The Balaban J connectivity index is 2.39. The number of carbonyl (C=O) groups excluding carboxylic acids is 2. The zero-order valence-corrected chi connectivity index (χ0v) is 21.6. The molecule has 0 aliphatic rings. The topological polar surface area (TPSA) is 58.2 Å². The maximum atomic E-state index is 14.9. The SMILES string of the molecule is O=C(CNC(=O)c1ccc(C(F)=CC(c2cc(Br)cc(Br)c2)C(F)(F)F)cc1C(F)(F)F)NCC(F)(F)F. The van der Waals surface area contributed by atoms with Gasteiger partial charge in [-0.25, -0.2) is 4.39 Å². The molecule has 208 valence electrons. The second kappa shape index (κ2) is 12.1. The summed E-state index contributed by atoms with van der Waals surface area (Å²) < 4.78 is 133. The Bertz CT molecular complexity index is 1200. The van der Waals surface area contributed by atoms with Gasteiger partial charge in [0.15, 0.2) is 0 Å². The fourth-order valence-electron chi connectivity index (χ4n) is 3.02. The average molecular weight is 688 g/mol. The number of hydrogen-bond acceptors (Lipinski definition) is 2. The molecule has 1 atom stereocenters. The van der Waals surface area contributed by atoms with E-state index in [9.17, 15) is 53.5 Å². The van der Waals surface area contributed by atoms with Gasteiger partial charge in [0.2, 0.25) is 5.91 Å². The fraction of sp³-hybridized carbons (Fsp3) is 0.273. The van der Waals surface area contributed by atoms with Crippen LogP contribution in [0.3, 0.4) is 0 Å². The van der Waals surface area contributed by atoms with Gasteiger partial charge in [-0.1, -0.05) is 37.9 Å². The van der Waals surface area contributed by atoms with E-state index < -0.39 is 77.4 Å². The van der Waals surface area contributed by atoms with Gasteiger partial charge in [0, 0.05) is 14.5 Å². The molecule has 0 aromatic heterocycles. The lowest BCUT2D eigenvalue weighted by molar-refractivity contribution is -0.140. The van der Waals surface area contributed by atoms with Gasteiger partial charge in [0.25, 0.3) is 5.91 Å². The van der Waals surface area contributed by atoms with Gasteiger partial charge in [0.05, 0.1) is 17.7 Å². The minimum atomic E-state index is -5.29. The highest BCUT2D eigenvalue weighted by Crippen LogP contribution is 2.41. The Hall–Kier alpha value is -2.62. The molecule has 2 N–H and O–H groups in total. The normalized spacial score (nSPS) is 13.7. The first-order chi connectivity index (χ1) is 17.3. The maximum Gasteiger partial charge on any atom is 0.417 e. The molecule has 2 aromatic rings. The van der Waals surface area contributed by atoms with E-state index >= 15 is 0 Å². The number of alkyl halides is 9. The summed E-state index contributed by atoms with van der Waals surface area (Å²) in [6.45, 7) is -2.86. The first-order valence-electron chi connectivity index (χ1n) is 10.0. The molecule has 0 aliphatic heterocycles. The summed E-state index contributed by atoms with van der Waals surface area (Å²) in [5.74, 6) is -7.12. The summed E-state index contributed by atoms with van der Waals surface area (Å²) in [5.41, 5.74) is -4.24. The lowest BCUT2D eigenvalue weighted by atomic mass is 9.95. The van der Waals surface area contributed by atoms with Crippen LogP contribution in [0.2, 0.25) is 0 Å². The Morgan fingerprint density at radius 2 is 1.45 bits per heavy atom. The molecule has 0 spiro atoms. The second-order valence-corrected chi connectivity index (χ2v) is 9.40. The van der Waals surface area contributed by atoms with Crippen molar-refractivity contribution in [3.63, 3.8) is 0 Å². The summed E-state index contributed by atoms with van der Waals surface area (Å²) in [5, 5.41) is 3.09. The van der Waals surface area contributed by atoms with E-state index in [0.29, 0.717) is 12.1 Å². The smallest absolute Gasteiger partial charge is 0.345 e. The van der Waals surface area contributed by atoms with E-state index in [0.717, 1.165) is 12.1 Å². The predicted octanol–water partition coefficient (Wildman–Crippen LogP) is 7.30. The average Bonchev–Trinajstić information content (AvgIpc) is 2.76. The van der Waals surface area contributed by atoms with Crippen molar-refractivity contribution in [2.24, 2.45) is 0 Å². The number of amides is 2. The number of benzene rings is 2. The van der Waals surface area contributed by atoms with Crippen LogP contribution >= 0.6 is 31.9 Å². The van der Waals surface area contributed by atoms with E-state index in [4.69, 9.17) is 0 Å². The van der Waals surface area contributed by atoms with E-state index in [2.05, 4.69) is 31.9 Å². The van der Waals surface area contributed by atoms with Crippen molar-refractivity contribution in [1.29, 1.82) is 0 Å². The van der Waals surface area contributed by atoms with Crippen LogP contribution in [-0.2, 0) is 11.0 Å². The van der Waals surface area contributed by atoms with Crippen LogP contribution < -0.4 is 10.6 Å². The van der Waals surface area contributed by atoms with E-state index in [-0.39, 0.29) is 21.1 Å². The Morgan fingerprint density at radius 1 is 0.868 bits per heavy atom. The largest absolute Gasteiger partial charge is 0.417 e. The third-order valence-electron chi connectivity index (χ3n) is 4.65. The molecule has 0 fully saturated rings. The van der Waals surface area contributed by atoms with Crippen LogP contribution in [0.25, 0.3) is 5.83 Å². The molecule has 0 saturated carbocycles. The minimum absolute atomic E-state index is 0.0778. The molecule has 0 bridgehead atoms. The van der Waals surface area contributed by atoms with Gasteiger partial charge < -0.3 is 10.6 Å². The molecule has 2 aromatic carbocycles. The van der Waals surface area contributed by atoms with Crippen molar-refractivity contribution in [3.05, 3.63) is 73.7 Å². The second-order valence-electron chi connectivity index (χ2n) is 7.57. The first-order valence-corrected chi connectivity index (χ1v) is 11.6. The monoisotopic (exact) mass is 686 g/mol. The summed E-state index contributed by atoms with van der Waals surface area (Å²) in [4.78, 5) is 23.6. The van der Waals surface area contributed by atoms with Gasteiger partial charge in [-0.15, -0.1) is 0 Å². The quantitative estimate of drug-likeness (QED) is 0.301. The van der Waals surface area contributed by atoms with Crippen molar-refractivity contribution < 1.29 is 53.5 Å². The van der Waals surface area contributed by atoms with Crippen LogP contribution in [0.1, 0.15) is 33.0 Å². The first kappa shape index (κ1) is 31.6. The summed E-state index contributed by atoms with van der Waals surface area (Å²) in [6, 6.07) is 4.69. The lowest BCUT2D eigenvalue weighted by Crippen LogP contribution is -2.41. The Labute approximate surface area is 224 Å². The molecular weight excluding hydrogens is 674 g/mol. The van der Waals surface area contributed by atoms with Crippen LogP contribution in [0.4, 0.5) is 43.9 Å². The van der Waals surface area contributed by atoms with Crippen molar-refractivity contribution >= 4 is 49.5 Å². The fourth-order valence-corrected chi connectivity index (χ4v) is 4.35. The summed E-state index contributed by atoms with van der Waals surface area (Å²) in [6.07, 6.45) is -15.0. The molecule has 0 radical (unpaired) electrons. The molecule has 2 rings (SSSR count). The van der Waals surface area contributed by atoms with Crippen LogP contribution in [0.15, 0.2) is 51.4 Å². The van der Waals surface area contributed by atoms with Gasteiger partial charge in [-0.05, 0) is 42.0 Å². The van der Waals surface area contributed by atoms with E-state index in [1.165, 1.54) is 11.4 Å². The summed E-state index contributed by atoms with van der Waals surface area (Å²) >= 11 is 6.00. The molecular formula is C22H14Br2F10N2O2. The Kier molecular flexibility index (Phi) is 10.0. The number of nitrogens with one attached hydrogen (secondary N) is 2.